The number of anilines is 1. The first-order chi connectivity index (χ1) is 18.1. The fourth-order valence-corrected chi connectivity index (χ4v) is 4.23. The first kappa shape index (κ1) is 25.5. The van der Waals surface area contributed by atoms with Crippen molar-refractivity contribution in [2.75, 3.05) is 25.6 Å². The monoisotopic (exact) mass is 526 g/mol. The number of aryl methyl sites for hydroxylation is 1. The van der Waals surface area contributed by atoms with Crippen LogP contribution >= 0.6 is 0 Å². The molecule has 0 unspecified atom stereocenters. The number of rotatable bonds is 7. The predicted octanol–water partition coefficient (Wildman–Crippen LogP) is 4.04. The average Bonchev–Trinajstić information content (AvgIpc) is 3.20. The number of nitrogens with one attached hydrogen (secondary N) is 1. The highest BCUT2D eigenvalue weighted by molar-refractivity contribution is 5.76. The molecule has 4 heterocycles. The number of ether oxygens (including phenoxy) is 2. The molecule has 1 aliphatic heterocycles. The van der Waals surface area contributed by atoms with Gasteiger partial charge in [-0.3, -0.25) is 4.79 Å². The van der Waals surface area contributed by atoms with Crippen molar-refractivity contribution < 1.29 is 27.4 Å². The summed E-state index contributed by atoms with van der Waals surface area (Å²) in [6.07, 6.45) is -2.98. The van der Waals surface area contributed by atoms with Gasteiger partial charge in [0.25, 0.3) is 0 Å². The summed E-state index contributed by atoms with van der Waals surface area (Å²) in [5.41, 5.74) is 6.86. The van der Waals surface area contributed by atoms with Crippen LogP contribution in [0.4, 0.5) is 19.0 Å². The van der Waals surface area contributed by atoms with E-state index in [1.807, 2.05) is 12.1 Å². The number of aromatic nitrogens is 4. The summed E-state index contributed by atoms with van der Waals surface area (Å²) in [6, 6.07) is 11.7. The molecule has 4 aromatic rings. The van der Waals surface area contributed by atoms with E-state index in [4.69, 9.17) is 15.2 Å². The Morgan fingerprint density at radius 1 is 1.18 bits per heavy atom. The molecule has 198 valence electrons. The number of halogens is 3. The van der Waals surface area contributed by atoms with Gasteiger partial charge in [-0.1, -0.05) is 6.92 Å². The first-order valence-electron chi connectivity index (χ1n) is 11.9. The zero-order valence-electron chi connectivity index (χ0n) is 20.7. The summed E-state index contributed by atoms with van der Waals surface area (Å²) in [4.78, 5) is 20.0. The Bertz CT molecular complexity index is 1500. The number of nitrogen functional groups attached to an aromatic ring is 1. The summed E-state index contributed by atoms with van der Waals surface area (Å²) >= 11 is 0. The van der Waals surface area contributed by atoms with Crippen LogP contribution in [0.1, 0.15) is 24.6 Å². The number of benzene rings is 1. The number of amides is 1. The molecule has 1 aliphatic rings. The zero-order chi connectivity index (χ0) is 27.1. The highest BCUT2D eigenvalue weighted by Crippen LogP contribution is 2.36. The fraction of sp³-hybridized carbons (Fsp3) is 0.308. The minimum absolute atomic E-state index is 0.0628. The molecule has 38 heavy (non-hydrogen) atoms. The standard InChI is InChI=1S/C26H25F3N6O3/c1-3-22(36)33-25(12-37-13-25)14-38-18-6-4-16(5-7-18)20-8-9-21-32-15(2)23(35(21)34-20)17-10-19(26(27,28)29)24(30)31-11-17/h4-11H,3,12-14H2,1-2H3,(H2,30,31)(H,33,36). The summed E-state index contributed by atoms with van der Waals surface area (Å²) in [5, 5.41) is 7.60. The molecule has 1 amide bonds. The molecular weight excluding hydrogens is 501 g/mol. The van der Waals surface area contributed by atoms with E-state index in [0.29, 0.717) is 48.1 Å². The molecule has 9 nitrogen and oxygen atoms in total. The number of hydrogen-bond acceptors (Lipinski definition) is 7. The zero-order valence-corrected chi connectivity index (χ0v) is 20.7. The lowest BCUT2D eigenvalue weighted by Gasteiger charge is -2.41. The van der Waals surface area contributed by atoms with Crippen LogP contribution < -0.4 is 15.8 Å². The Hall–Kier alpha value is -4.19. The van der Waals surface area contributed by atoms with Gasteiger partial charge in [0.05, 0.1) is 35.9 Å². The highest BCUT2D eigenvalue weighted by Gasteiger charge is 2.41. The van der Waals surface area contributed by atoms with Gasteiger partial charge in [0.1, 0.15) is 23.7 Å². The maximum atomic E-state index is 13.4. The Labute approximate surface area is 215 Å². The molecule has 3 aromatic heterocycles. The SMILES string of the molecule is CCC(=O)NC1(COc2ccc(-c3ccc4nc(C)c(-c5cnc(N)c(C(F)(F)F)c5)n4n3)cc2)COC1. The fourth-order valence-electron chi connectivity index (χ4n) is 4.23. The number of nitrogens with zero attached hydrogens (tertiary/aromatic N) is 4. The number of imidazole rings is 1. The van der Waals surface area contributed by atoms with Crippen molar-refractivity contribution in [3.8, 4) is 28.3 Å². The van der Waals surface area contributed by atoms with Crippen LogP contribution in [0.3, 0.4) is 0 Å². The van der Waals surface area contributed by atoms with Crippen LogP contribution in [0.25, 0.3) is 28.2 Å². The molecule has 1 fully saturated rings. The van der Waals surface area contributed by atoms with Crippen LogP contribution in [-0.4, -0.2) is 50.8 Å². The predicted molar refractivity (Wildman–Crippen MR) is 133 cm³/mol. The van der Waals surface area contributed by atoms with Crippen molar-refractivity contribution in [2.45, 2.75) is 32.0 Å². The molecule has 0 bridgehead atoms. The molecular formula is C26H25F3N6O3. The van der Waals surface area contributed by atoms with Crippen LogP contribution in [0.15, 0.2) is 48.7 Å². The number of carbonyl (C=O) groups is 1. The van der Waals surface area contributed by atoms with E-state index in [1.54, 1.807) is 38.1 Å². The van der Waals surface area contributed by atoms with Crippen molar-refractivity contribution in [2.24, 2.45) is 0 Å². The maximum absolute atomic E-state index is 13.4. The van der Waals surface area contributed by atoms with Gasteiger partial charge < -0.3 is 20.5 Å². The van der Waals surface area contributed by atoms with E-state index in [9.17, 15) is 18.0 Å². The minimum atomic E-state index is -4.64. The Balaban J connectivity index is 1.40. The topological polar surface area (TPSA) is 117 Å². The van der Waals surface area contributed by atoms with Gasteiger partial charge in [-0.25, -0.2) is 14.5 Å². The lowest BCUT2D eigenvalue weighted by Crippen LogP contribution is -2.65. The number of hydrogen-bond donors (Lipinski definition) is 2. The molecule has 1 aromatic carbocycles. The molecule has 0 saturated carbocycles. The summed E-state index contributed by atoms with van der Waals surface area (Å²) < 4.78 is 53.0. The van der Waals surface area contributed by atoms with E-state index in [1.165, 1.54) is 10.7 Å². The van der Waals surface area contributed by atoms with Gasteiger partial charge in [0.2, 0.25) is 5.91 Å². The summed E-state index contributed by atoms with van der Waals surface area (Å²) in [7, 11) is 0. The van der Waals surface area contributed by atoms with Gasteiger partial charge in [-0.2, -0.15) is 18.3 Å². The maximum Gasteiger partial charge on any atom is 0.419 e. The number of alkyl halides is 3. The Kier molecular flexibility index (Phi) is 6.43. The summed E-state index contributed by atoms with van der Waals surface area (Å²) in [6.45, 7) is 4.54. The third kappa shape index (κ3) is 4.86. The van der Waals surface area contributed by atoms with E-state index in [-0.39, 0.29) is 18.1 Å². The van der Waals surface area contributed by atoms with Crippen molar-refractivity contribution >= 4 is 17.4 Å². The van der Waals surface area contributed by atoms with Gasteiger partial charge in [0, 0.05) is 23.7 Å². The molecule has 12 heteroatoms. The van der Waals surface area contributed by atoms with Crippen LogP contribution in [0.2, 0.25) is 0 Å². The second-order valence-corrected chi connectivity index (χ2v) is 9.18. The minimum Gasteiger partial charge on any atom is -0.491 e. The molecule has 0 spiro atoms. The van der Waals surface area contributed by atoms with Gasteiger partial charge in [-0.15, -0.1) is 0 Å². The lowest BCUT2D eigenvalue weighted by atomic mass is 9.98. The van der Waals surface area contributed by atoms with Crippen molar-refractivity contribution in [1.29, 1.82) is 0 Å². The number of carbonyl (C=O) groups excluding carboxylic acids is 1. The first-order valence-corrected chi connectivity index (χ1v) is 11.9. The largest absolute Gasteiger partial charge is 0.491 e. The Morgan fingerprint density at radius 2 is 1.92 bits per heavy atom. The van der Waals surface area contributed by atoms with Crippen LogP contribution in [0.5, 0.6) is 5.75 Å². The van der Waals surface area contributed by atoms with Crippen molar-refractivity contribution in [3.05, 3.63) is 59.9 Å². The molecule has 5 rings (SSSR count). The average molecular weight is 527 g/mol. The van der Waals surface area contributed by atoms with E-state index in [2.05, 4.69) is 20.4 Å². The molecule has 0 radical (unpaired) electrons. The second kappa shape index (κ2) is 9.60. The molecule has 1 saturated heterocycles. The van der Waals surface area contributed by atoms with Gasteiger partial charge >= 0.3 is 6.18 Å². The highest BCUT2D eigenvalue weighted by atomic mass is 19.4. The lowest BCUT2D eigenvalue weighted by molar-refractivity contribution is -0.137. The number of pyridine rings is 1. The van der Waals surface area contributed by atoms with Gasteiger partial charge in [-0.05, 0) is 49.4 Å². The van der Waals surface area contributed by atoms with Crippen LogP contribution in [-0.2, 0) is 15.7 Å². The van der Waals surface area contributed by atoms with Crippen molar-refractivity contribution in [3.63, 3.8) is 0 Å². The molecule has 3 N–H and O–H groups in total. The second-order valence-electron chi connectivity index (χ2n) is 9.18. The normalized spacial score (nSPS) is 14.8. The van der Waals surface area contributed by atoms with Crippen LogP contribution in [0, 0.1) is 6.92 Å². The summed E-state index contributed by atoms with van der Waals surface area (Å²) in [5.74, 6) is -0.0435. The van der Waals surface area contributed by atoms with E-state index >= 15 is 0 Å². The third-order valence-electron chi connectivity index (χ3n) is 6.30. The number of nitrogens with two attached hydrogens (primary N) is 1. The van der Waals surface area contributed by atoms with E-state index in [0.717, 1.165) is 11.6 Å². The van der Waals surface area contributed by atoms with Gasteiger partial charge in [0.15, 0.2) is 5.65 Å². The third-order valence-corrected chi connectivity index (χ3v) is 6.30. The quantitative estimate of drug-likeness (QED) is 0.373. The smallest absolute Gasteiger partial charge is 0.419 e. The molecule has 0 aliphatic carbocycles. The number of fused-ring (bicyclic) bond motifs is 1. The van der Waals surface area contributed by atoms with E-state index < -0.39 is 23.1 Å². The van der Waals surface area contributed by atoms with Crippen molar-refractivity contribution in [1.82, 2.24) is 24.9 Å². The Morgan fingerprint density at radius 3 is 2.55 bits per heavy atom. The molecule has 0 atom stereocenters.